The number of rotatable bonds is 1. The summed E-state index contributed by atoms with van der Waals surface area (Å²) in [6.45, 7) is 28.4. The Morgan fingerprint density at radius 1 is 0.667 bits per heavy atom. The molecule has 0 atom stereocenters. The predicted molar refractivity (Wildman–Crippen MR) is 151 cm³/mol. The second kappa shape index (κ2) is 9.20. The van der Waals surface area contributed by atoms with Gasteiger partial charge in [-0.25, -0.2) is 4.57 Å². The zero-order valence-corrected chi connectivity index (χ0v) is 26.6. The van der Waals surface area contributed by atoms with Crippen LogP contribution < -0.4 is 9.05 Å². The van der Waals surface area contributed by atoms with Gasteiger partial charge in [0.25, 0.3) is 0 Å². The van der Waals surface area contributed by atoms with Crippen LogP contribution in [0.1, 0.15) is 129 Å². The van der Waals surface area contributed by atoms with Gasteiger partial charge in [-0.15, -0.1) is 0 Å². The SMILES string of the molecule is CC1c2cc(C(C)(C)C)cc(C(C)(C)C)c2OP(=O)([O][Al])Oc2c1cc(C(C)(C)C)cc2C(C)(C)C. The molecule has 2 aromatic carbocycles. The van der Waals surface area contributed by atoms with Crippen LogP contribution in [0.4, 0.5) is 0 Å². The van der Waals surface area contributed by atoms with E-state index in [1.54, 1.807) is 0 Å². The fourth-order valence-electron chi connectivity index (χ4n) is 4.58. The lowest BCUT2D eigenvalue weighted by atomic mass is 9.74. The summed E-state index contributed by atoms with van der Waals surface area (Å²) >= 11 is 2.10. The lowest BCUT2D eigenvalue weighted by Crippen LogP contribution is -2.24. The zero-order valence-electron chi connectivity index (χ0n) is 24.5. The average Bonchev–Trinajstić information content (AvgIpc) is 2.69. The van der Waals surface area contributed by atoms with Gasteiger partial charge in [0.1, 0.15) is 11.5 Å². The molecule has 4 nitrogen and oxygen atoms in total. The highest BCUT2D eigenvalue weighted by atomic mass is 31.2. The summed E-state index contributed by atoms with van der Waals surface area (Å²) in [5.41, 5.74) is 5.80. The Labute approximate surface area is 227 Å². The van der Waals surface area contributed by atoms with E-state index in [2.05, 4.69) is 131 Å². The normalized spacial score (nSPS) is 21.0. The van der Waals surface area contributed by atoms with Crippen LogP contribution in [0, 0.1) is 0 Å². The van der Waals surface area contributed by atoms with E-state index in [9.17, 15) is 4.57 Å². The van der Waals surface area contributed by atoms with Gasteiger partial charge in [0.05, 0.1) is 0 Å². The maximum atomic E-state index is 14.0. The third-order valence-corrected chi connectivity index (χ3v) is 8.90. The standard InChI is InChI=1S/C30H45O4P.Al/c1-18-21-14-19(27(2,3)4)16-23(29(8,9)10)25(21)33-35(31,32)34-26-22(18)15-20(28(5,6)7)17-24(26)30(11,12)13;/h14-18H,1-13H3,(H,31,32);/q;+1/p-1. The van der Waals surface area contributed by atoms with E-state index in [1.807, 2.05) is 0 Å². The summed E-state index contributed by atoms with van der Waals surface area (Å²) in [4.78, 5) is 0. The number of phosphoric acid groups is 1. The van der Waals surface area contributed by atoms with Crippen LogP contribution >= 0.6 is 7.82 Å². The lowest BCUT2D eigenvalue weighted by Gasteiger charge is -2.36. The molecule has 1 aliphatic heterocycles. The summed E-state index contributed by atoms with van der Waals surface area (Å²) < 4.78 is 32.0. The van der Waals surface area contributed by atoms with Crippen LogP contribution in [0.15, 0.2) is 24.3 Å². The predicted octanol–water partition coefficient (Wildman–Crippen LogP) is 9.01. The van der Waals surface area contributed by atoms with Crippen molar-refractivity contribution < 1.29 is 17.2 Å². The molecule has 0 saturated heterocycles. The highest BCUT2D eigenvalue weighted by Gasteiger charge is 2.40. The second-order valence-corrected chi connectivity index (χ2v) is 16.4. The zero-order chi connectivity index (χ0) is 27.6. The van der Waals surface area contributed by atoms with E-state index in [1.165, 1.54) is 11.1 Å². The van der Waals surface area contributed by atoms with Crippen LogP contribution in [-0.4, -0.2) is 16.6 Å². The van der Waals surface area contributed by atoms with Gasteiger partial charge in [-0.3, -0.25) is 0 Å². The molecule has 0 aromatic heterocycles. The van der Waals surface area contributed by atoms with Gasteiger partial charge in [0, 0.05) is 28.2 Å². The van der Waals surface area contributed by atoms with Gasteiger partial charge in [-0.05, 0) is 32.8 Å². The molecule has 0 N–H and O–H groups in total. The number of benzene rings is 2. The van der Waals surface area contributed by atoms with Crippen molar-refractivity contribution >= 4 is 24.4 Å². The van der Waals surface area contributed by atoms with E-state index in [0.717, 1.165) is 22.3 Å². The Hall–Kier alpha value is -1.24. The highest BCUT2D eigenvalue weighted by molar-refractivity contribution is 7.50. The van der Waals surface area contributed by atoms with Gasteiger partial charge in [-0.2, -0.15) is 0 Å². The van der Waals surface area contributed by atoms with Crippen molar-refractivity contribution in [3.8, 4) is 11.5 Å². The number of hydrogen-bond acceptors (Lipinski definition) is 4. The Morgan fingerprint density at radius 3 is 1.25 bits per heavy atom. The molecule has 2 radical (unpaired) electrons. The minimum atomic E-state index is -4.00. The van der Waals surface area contributed by atoms with Crippen LogP contribution in [0.5, 0.6) is 11.5 Å². The Balaban J connectivity index is 2.53. The number of hydrogen-bond donors (Lipinski definition) is 0. The highest BCUT2D eigenvalue weighted by Crippen LogP contribution is 2.59. The monoisotopic (exact) mass is 526 g/mol. The minimum Gasteiger partial charge on any atom is -0.417 e. The summed E-state index contributed by atoms with van der Waals surface area (Å²) in [5, 5.41) is 0. The first-order valence-electron chi connectivity index (χ1n) is 12.8. The largest absolute Gasteiger partial charge is 0.557 e. The topological polar surface area (TPSA) is 44.8 Å². The van der Waals surface area contributed by atoms with E-state index in [0.29, 0.717) is 11.5 Å². The van der Waals surface area contributed by atoms with Crippen molar-refractivity contribution in [2.75, 3.05) is 0 Å². The Bertz CT molecular complexity index is 1110. The molecule has 6 heteroatoms. The third kappa shape index (κ3) is 5.76. The fraction of sp³-hybridized carbons (Fsp3) is 0.600. The van der Waals surface area contributed by atoms with E-state index < -0.39 is 7.82 Å². The molecular weight excluding hydrogens is 482 g/mol. The molecule has 2 aromatic rings. The summed E-state index contributed by atoms with van der Waals surface area (Å²) in [7, 11) is -4.00. The minimum absolute atomic E-state index is 0.0555. The lowest BCUT2D eigenvalue weighted by molar-refractivity contribution is 0.295. The molecule has 1 heterocycles. The average molecular weight is 527 g/mol. The van der Waals surface area contributed by atoms with E-state index in [4.69, 9.17) is 12.6 Å². The van der Waals surface area contributed by atoms with Gasteiger partial charge in [0.2, 0.25) is 0 Å². The summed E-state index contributed by atoms with van der Waals surface area (Å²) in [6, 6.07) is 8.82. The molecule has 3 rings (SSSR count). The maximum Gasteiger partial charge on any atom is 0.557 e. The molecule has 0 bridgehead atoms. The van der Waals surface area contributed by atoms with Gasteiger partial charge in [0.15, 0.2) is 0 Å². The molecule has 0 fully saturated rings. The molecule has 0 spiro atoms. The Morgan fingerprint density at radius 2 is 1.00 bits per heavy atom. The van der Waals surface area contributed by atoms with Gasteiger partial charge >= 0.3 is 24.4 Å². The van der Waals surface area contributed by atoms with Crippen molar-refractivity contribution in [3.05, 3.63) is 57.6 Å². The van der Waals surface area contributed by atoms with Gasteiger partial charge in [-0.1, -0.05) is 114 Å². The van der Waals surface area contributed by atoms with Crippen LogP contribution in [0.25, 0.3) is 0 Å². The van der Waals surface area contributed by atoms with E-state index in [-0.39, 0.29) is 27.6 Å². The molecule has 0 aliphatic carbocycles. The molecular formula is C30H44AlO4P. The van der Waals surface area contributed by atoms with Crippen molar-refractivity contribution in [2.24, 2.45) is 0 Å². The van der Waals surface area contributed by atoms with Crippen LogP contribution in [0.2, 0.25) is 0 Å². The number of fused-ring (bicyclic) bond motifs is 2. The molecule has 196 valence electrons. The number of phosphoric ester groups is 1. The van der Waals surface area contributed by atoms with Crippen LogP contribution in [0.3, 0.4) is 0 Å². The van der Waals surface area contributed by atoms with Crippen molar-refractivity contribution in [1.82, 2.24) is 0 Å². The van der Waals surface area contributed by atoms with Crippen molar-refractivity contribution in [1.29, 1.82) is 0 Å². The Kier molecular flexibility index (Phi) is 7.49. The molecule has 0 amide bonds. The fourth-order valence-corrected chi connectivity index (χ4v) is 5.82. The molecule has 1 aliphatic rings. The molecule has 0 saturated carbocycles. The second-order valence-electron chi connectivity index (χ2n) is 14.3. The first-order valence-corrected chi connectivity index (χ1v) is 14.8. The smallest absolute Gasteiger partial charge is 0.417 e. The van der Waals surface area contributed by atoms with Crippen molar-refractivity contribution in [3.63, 3.8) is 0 Å². The van der Waals surface area contributed by atoms with E-state index >= 15 is 0 Å². The van der Waals surface area contributed by atoms with Crippen LogP contribution in [-0.2, 0) is 29.8 Å². The molecule has 36 heavy (non-hydrogen) atoms. The van der Waals surface area contributed by atoms with Crippen molar-refractivity contribution in [2.45, 2.75) is 118 Å². The quantitative estimate of drug-likeness (QED) is 0.275. The summed E-state index contributed by atoms with van der Waals surface area (Å²) in [6.07, 6.45) is 0. The van der Waals surface area contributed by atoms with Gasteiger partial charge < -0.3 is 12.6 Å². The summed E-state index contributed by atoms with van der Waals surface area (Å²) in [5.74, 6) is 1.14. The maximum absolute atomic E-state index is 14.0. The molecule has 0 unspecified atom stereocenters. The third-order valence-electron chi connectivity index (χ3n) is 7.05. The first-order chi connectivity index (χ1) is 16.1. The first kappa shape index (κ1) is 29.3.